The first-order valence-electron chi connectivity index (χ1n) is 11.3. The summed E-state index contributed by atoms with van der Waals surface area (Å²) in [5, 5.41) is 0. The minimum Gasteiger partial charge on any atom is -0.211 e. The molecule has 0 unspecified atom stereocenters. The molecule has 0 heterocycles. The van der Waals surface area contributed by atoms with Crippen molar-refractivity contribution in [1.82, 2.24) is 0 Å². The quantitative estimate of drug-likeness (QED) is 0.290. The van der Waals surface area contributed by atoms with Crippen LogP contribution in [0.5, 0.6) is 0 Å². The summed E-state index contributed by atoms with van der Waals surface area (Å²) in [6.45, 7) is 8.62. The van der Waals surface area contributed by atoms with Crippen LogP contribution in [0.3, 0.4) is 0 Å². The molecule has 0 atom stereocenters. The second-order valence-corrected chi connectivity index (χ2v) is 8.19. The number of aliphatic imine (C=N–C) groups is 4. The van der Waals surface area contributed by atoms with Gasteiger partial charge in [-0.2, -0.15) is 9.98 Å². The van der Waals surface area contributed by atoms with Crippen molar-refractivity contribution in [3.8, 4) is 0 Å². The third-order valence-corrected chi connectivity index (χ3v) is 6.19. The Labute approximate surface area is 215 Å². The van der Waals surface area contributed by atoms with Crippen molar-refractivity contribution in [2.75, 3.05) is 0 Å². The third kappa shape index (κ3) is 8.12. The zero-order valence-electron chi connectivity index (χ0n) is 21.2. The Morgan fingerprint density at radius 1 is 0.514 bits per heavy atom. The summed E-state index contributed by atoms with van der Waals surface area (Å²) in [5.74, 6) is 0. The van der Waals surface area contributed by atoms with Crippen LogP contribution >= 0.6 is 0 Å². The van der Waals surface area contributed by atoms with Crippen LogP contribution in [-0.2, 0) is 38.7 Å². The zero-order valence-corrected chi connectivity index (χ0v) is 21.2. The minimum absolute atomic E-state index is 0.279. The Kier molecular flexibility index (Phi) is 11.2. The first-order chi connectivity index (χ1) is 17.9. The Morgan fingerprint density at radius 2 is 0.865 bits per heavy atom. The van der Waals surface area contributed by atoms with Gasteiger partial charge in [-0.25, -0.2) is 29.2 Å². The fourth-order valence-corrected chi connectivity index (χ4v) is 3.84. The highest BCUT2D eigenvalue weighted by Gasteiger charge is 2.14. The molecule has 186 valence electrons. The van der Waals surface area contributed by atoms with Crippen molar-refractivity contribution < 1.29 is 19.2 Å². The van der Waals surface area contributed by atoms with E-state index in [4.69, 9.17) is 0 Å². The van der Waals surface area contributed by atoms with E-state index in [9.17, 15) is 19.2 Å². The van der Waals surface area contributed by atoms with Crippen LogP contribution in [0.2, 0.25) is 0 Å². The molecule has 3 aromatic rings. The number of isocyanates is 4. The molecule has 0 N–H and O–H groups in total. The second kappa shape index (κ2) is 14.6. The molecule has 0 amide bonds. The predicted molar refractivity (Wildman–Crippen MR) is 140 cm³/mol. The SMILES string of the molecule is Cc1c(C)c(C)c(CN=C=O)c(CN=C=O)c1C.O=C=Nc1ccc(Cc2ccc(N=C=O)cc2)cc1. The number of carbonyl (C=O) groups excluding carboxylic acids is 4. The van der Waals surface area contributed by atoms with E-state index in [2.05, 4.69) is 20.0 Å². The van der Waals surface area contributed by atoms with Crippen molar-refractivity contribution in [2.45, 2.75) is 47.2 Å². The van der Waals surface area contributed by atoms with Gasteiger partial charge in [-0.15, -0.1) is 0 Å². The van der Waals surface area contributed by atoms with Crippen LogP contribution in [0, 0.1) is 27.7 Å². The maximum atomic E-state index is 10.3. The van der Waals surface area contributed by atoms with Crippen molar-refractivity contribution in [2.24, 2.45) is 20.0 Å². The molecule has 8 heteroatoms. The van der Waals surface area contributed by atoms with Gasteiger partial charge in [-0.1, -0.05) is 24.3 Å². The molecule has 37 heavy (non-hydrogen) atoms. The molecule has 8 nitrogen and oxygen atoms in total. The Morgan fingerprint density at radius 3 is 1.16 bits per heavy atom. The first kappa shape index (κ1) is 28.4. The number of benzene rings is 3. The van der Waals surface area contributed by atoms with Gasteiger partial charge in [0.1, 0.15) is 0 Å². The average Bonchev–Trinajstić information content (AvgIpc) is 2.91. The summed E-state index contributed by atoms with van der Waals surface area (Å²) in [4.78, 5) is 55.1. The van der Waals surface area contributed by atoms with Gasteiger partial charge in [0, 0.05) is 0 Å². The number of hydrogen-bond donors (Lipinski definition) is 0. The molecule has 0 spiro atoms. The van der Waals surface area contributed by atoms with Gasteiger partial charge in [0.15, 0.2) is 0 Å². The van der Waals surface area contributed by atoms with Crippen molar-refractivity contribution in [3.05, 3.63) is 93.0 Å². The van der Waals surface area contributed by atoms with E-state index in [1.54, 1.807) is 36.4 Å². The van der Waals surface area contributed by atoms with E-state index in [-0.39, 0.29) is 13.1 Å². The summed E-state index contributed by atoms with van der Waals surface area (Å²) < 4.78 is 0. The van der Waals surface area contributed by atoms with E-state index in [1.807, 2.05) is 52.0 Å². The second-order valence-electron chi connectivity index (χ2n) is 8.19. The lowest BCUT2D eigenvalue weighted by Crippen LogP contribution is -2.05. The lowest BCUT2D eigenvalue weighted by atomic mass is 9.89. The lowest BCUT2D eigenvalue weighted by Gasteiger charge is -2.18. The topological polar surface area (TPSA) is 118 Å². The van der Waals surface area contributed by atoms with Crippen LogP contribution in [0.25, 0.3) is 0 Å². The molecule has 0 radical (unpaired) electrons. The zero-order chi connectivity index (χ0) is 27.2. The molecule has 0 aliphatic heterocycles. The van der Waals surface area contributed by atoms with Gasteiger partial charge in [0.2, 0.25) is 24.3 Å². The summed E-state index contributed by atoms with van der Waals surface area (Å²) in [6.07, 6.45) is 6.86. The molecule has 0 aromatic heterocycles. The summed E-state index contributed by atoms with van der Waals surface area (Å²) in [5.41, 5.74) is 9.86. The highest BCUT2D eigenvalue weighted by molar-refractivity contribution is 5.52. The van der Waals surface area contributed by atoms with Gasteiger partial charge in [0.25, 0.3) is 0 Å². The van der Waals surface area contributed by atoms with Crippen LogP contribution < -0.4 is 0 Å². The molecule has 0 saturated carbocycles. The Balaban J connectivity index is 0.000000261. The van der Waals surface area contributed by atoms with Crippen LogP contribution in [-0.4, -0.2) is 24.3 Å². The number of nitrogens with zero attached hydrogens (tertiary/aromatic N) is 4. The van der Waals surface area contributed by atoms with Crippen molar-refractivity contribution >= 4 is 35.7 Å². The molecule has 0 aliphatic carbocycles. The van der Waals surface area contributed by atoms with E-state index >= 15 is 0 Å². The number of hydrogen-bond acceptors (Lipinski definition) is 8. The van der Waals surface area contributed by atoms with E-state index in [0.717, 1.165) is 39.8 Å². The van der Waals surface area contributed by atoms with Gasteiger partial charge in [-0.3, -0.25) is 0 Å². The smallest absolute Gasteiger partial charge is 0.211 e. The largest absolute Gasteiger partial charge is 0.240 e. The normalized spacial score (nSPS) is 9.41. The fourth-order valence-electron chi connectivity index (χ4n) is 3.84. The van der Waals surface area contributed by atoms with Gasteiger partial charge in [-0.05, 0) is 103 Å². The summed E-state index contributed by atoms with van der Waals surface area (Å²) in [7, 11) is 0. The molecule has 0 bridgehead atoms. The van der Waals surface area contributed by atoms with Gasteiger partial charge in [0.05, 0.1) is 24.5 Å². The first-order valence-corrected chi connectivity index (χ1v) is 11.3. The van der Waals surface area contributed by atoms with Crippen LogP contribution in [0.4, 0.5) is 11.4 Å². The third-order valence-electron chi connectivity index (χ3n) is 6.19. The lowest BCUT2D eigenvalue weighted by molar-refractivity contribution is 0.561. The summed E-state index contributed by atoms with van der Waals surface area (Å²) >= 11 is 0. The maximum Gasteiger partial charge on any atom is 0.240 e. The maximum absolute atomic E-state index is 10.3. The molecule has 3 aromatic carbocycles. The Hall–Kier alpha value is -4.82. The predicted octanol–water partition coefficient (Wildman–Crippen LogP) is 5.80. The highest BCUT2D eigenvalue weighted by Crippen LogP contribution is 2.28. The molecule has 3 rings (SSSR count). The van der Waals surface area contributed by atoms with Crippen molar-refractivity contribution in [3.63, 3.8) is 0 Å². The number of rotatable bonds is 8. The highest BCUT2D eigenvalue weighted by atomic mass is 16.1. The Bertz CT molecular complexity index is 1320. The fraction of sp³-hybridized carbons (Fsp3) is 0.241. The van der Waals surface area contributed by atoms with Crippen LogP contribution in [0.15, 0.2) is 68.5 Å². The van der Waals surface area contributed by atoms with Gasteiger partial charge >= 0.3 is 0 Å². The summed E-state index contributed by atoms with van der Waals surface area (Å²) in [6, 6.07) is 14.7. The monoisotopic (exact) mass is 494 g/mol. The minimum atomic E-state index is 0.279. The van der Waals surface area contributed by atoms with Crippen LogP contribution in [0.1, 0.15) is 44.5 Å². The molecular formula is C29H26N4O4. The average molecular weight is 495 g/mol. The van der Waals surface area contributed by atoms with E-state index in [1.165, 1.54) is 23.3 Å². The van der Waals surface area contributed by atoms with Gasteiger partial charge < -0.3 is 0 Å². The molecule has 0 aliphatic rings. The van der Waals surface area contributed by atoms with Crippen molar-refractivity contribution in [1.29, 1.82) is 0 Å². The molecule has 0 fully saturated rings. The molecular weight excluding hydrogens is 468 g/mol. The van der Waals surface area contributed by atoms with E-state index in [0.29, 0.717) is 11.4 Å². The standard InChI is InChI=1S/C15H10N2O2.C14H16N2O2/c18-10-16-14-5-1-12(2-6-14)9-13-3-7-15(8-4-13)17-11-19;1-9-10(2)12(4)14(6-16-8-18)13(11(9)3)5-15-7-17/h1-8H,9H2;5-6H2,1-4H3. The van der Waals surface area contributed by atoms with E-state index < -0.39 is 0 Å². The molecule has 0 saturated heterocycles.